The number of aliphatic hydroxyl groups is 2. The van der Waals surface area contributed by atoms with Crippen LogP contribution in [0.15, 0.2) is 18.2 Å². The van der Waals surface area contributed by atoms with E-state index in [-0.39, 0.29) is 24.4 Å². The van der Waals surface area contributed by atoms with E-state index in [0.717, 1.165) is 0 Å². The number of aliphatic hydroxyl groups excluding tert-OH is 2. The number of nitrogens with two attached hydrogens (primary N) is 1. The van der Waals surface area contributed by atoms with Gasteiger partial charge in [0, 0.05) is 36.4 Å². The van der Waals surface area contributed by atoms with Gasteiger partial charge in [0.05, 0.1) is 11.0 Å². The van der Waals surface area contributed by atoms with E-state index in [2.05, 4.69) is 0 Å². The number of rotatable bonds is 4. The summed E-state index contributed by atoms with van der Waals surface area (Å²) in [6.07, 6.45) is -0.738. The van der Waals surface area contributed by atoms with Crippen LogP contribution in [0.4, 0.5) is 11.4 Å². The molecule has 0 amide bonds. The fourth-order valence-electron chi connectivity index (χ4n) is 1.26. The minimum atomic E-state index is -0.893. The van der Waals surface area contributed by atoms with Crippen molar-refractivity contribution in [2.45, 2.75) is 12.5 Å². The summed E-state index contributed by atoms with van der Waals surface area (Å²) in [7, 11) is 0. The monoisotopic (exact) mass is 212 g/mol. The van der Waals surface area contributed by atoms with Crippen molar-refractivity contribution >= 4 is 11.4 Å². The molecule has 1 aromatic rings. The van der Waals surface area contributed by atoms with Crippen molar-refractivity contribution in [1.82, 2.24) is 0 Å². The van der Waals surface area contributed by atoms with Gasteiger partial charge in [0.2, 0.25) is 0 Å². The molecular weight excluding hydrogens is 200 g/mol. The molecule has 1 atom stereocenters. The maximum absolute atomic E-state index is 10.4. The van der Waals surface area contributed by atoms with Gasteiger partial charge in [-0.05, 0) is 6.07 Å². The topological polar surface area (TPSA) is 110 Å². The second-order valence-electron chi connectivity index (χ2n) is 3.10. The molecule has 15 heavy (non-hydrogen) atoms. The maximum Gasteiger partial charge on any atom is 0.271 e. The number of nitrogens with zero attached hydrogens (tertiary/aromatic N) is 1. The predicted octanol–water partition coefficient (Wildman–Crippen LogP) is 0.593. The predicted molar refractivity (Wildman–Crippen MR) is 54.2 cm³/mol. The van der Waals surface area contributed by atoms with Crippen molar-refractivity contribution in [1.29, 1.82) is 0 Å². The van der Waals surface area contributed by atoms with Gasteiger partial charge in [-0.1, -0.05) is 0 Å². The largest absolute Gasteiger partial charge is 0.398 e. The van der Waals surface area contributed by atoms with Gasteiger partial charge in [-0.15, -0.1) is 0 Å². The second kappa shape index (κ2) is 4.72. The zero-order chi connectivity index (χ0) is 11.4. The van der Waals surface area contributed by atoms with E-state index in [4.69, 9.17) is 10.8 Å². The van der Waals surface area contributed by atoms with E-state index in [1.165, 1.54) is 18.2 Å². The van der Waals surface area contributed by atoms with Crippen LogP contribution in [-0.4, -0.2) is 21.7 Å². The Morgan fingerprint density at radius 1 is 1.53 bits per heavy atom. The normalized spacial score (nSPS) is 12.4. The van der Waals surface area contributed by atoms with Crippen molar-refractivity contribution in [3.8, 4) is 0 Å². The number of nitro benzene ring substituents is 1. The molecule has 0 aliphatic rings. The average Bonchev–Trinajstić information content (AvgIpc) is 2.17. The van der Waals surface area contributed by atoms with Gasteiger partial charge in [0.1, 0.15) is 0 Å². The van der Waals surface area contributed by atoms with Gasteiger partial charge in [0.25, 0.3) is 5.69 Å². The lowest BCUT2D eigenvalue weighted by Crippen LogP contribution is -2.04. The van der Waals surface area contributed by atoms with Crippen LogP contribution < -0.4 is 5.73 Å². The first-order chi connectivity index (χ1) is 7.06. The number of benzene rings is 1. The Morgan fingerprint density at radius 2 is 2.20 bits per heavy atom. The number of anilines is 1. The Bertz CT molecular complexity index is 367. The molecule has 0 bridgehead atoms. The van der Waals surface area contributed by atoms with Crippen molar-refractivity contribution < 1.29 is 15.1 Å². The summed E-state index contributed by atoms with van der Waals surface area (Å²) in [6, 6.07) is 3.86. The highest BCUT2D eigenvalue weighted by Gasteiger charge is 2.14. The zero-order valence-electron chi connectivity index (χ0n) is 7.96. The molecule has 0 radical (unpaired) electrons. The van der Waals surface area contributed by atoms with E-state index in [9.17, 15) is 15.2 Å². The highest BCUT2D eigenvalue weighted by molar-refractivity contribution is 5.54. The lowest BCUT2D eigenvalue weighted by molar-refractivity contribution is -0.384. The van der Waals surface area contributed by atoms with Gasteiger partial charge >= 0.3 is 0 Å². The summed E-state index contributed by atoms with van der Waals surface area (Å²) in [5.41, 5.74) is 5.98. The highest BCUT2D eigenvalue weighted by atomic mass is 16.6. The molecular formula is C9H12N2O4. The van der Waals surface area contributed by atoms with Gasteiger partial charge in [-0.25, -0.2) is 0 Å². The fourth-order valence-corrected chi connectivity index (χ4v) is 1.26. The summed E-state index contributed by atoms with van der Waals surface area (Å²) < 4.78 is 0. The summed E-state index contributed by atoms with van der Waals surface area (Å²) in [6.45, 7) is -0.169. The summed E-state index contributed by atoms with van der Waals surface area (Å²) in [5, 5.41) is 28.6. The van der Waals surface area contributed by atoms with Gasteiger partial charge in [-0.3, -0.25) is 10.1 Å². The first-order valence-corrected chi connectivity index (χ1v) is 4.39. The molecule has 4 N–H and O–H groups in total. The van der Waals surface area contributed by atoms with Crippen molar-refractivity contribution in [3.05, 3.63) is 33.9 Å². The Hall–Kier alpha value is -1.66. The standard InChI is InChI=1S/C9H12N2O4/c10-8-5-6(11(14)15)1-2-7(8)9(13)3-4-12/h1-2,5,9,12-13H,3-4,10H2. The Balaban J connectivity index is 2.97. The Kier molecular flexibility index (Phi) is 3.59. The van der Waals surface area contributed by atoms with Crippen molar-refractivity contribution in [3.63, 3.8) is 0 Å². The number of hydrogen-bond donors (Lipinski definition) is 3. The molecule has 1 unspecified atom stereocenters. The van der Waals surface area contributed by atoms with Crippen molar-refractivity contribution in [2.24, 2.45) is 0 Å². The molecule has 0 aliphatic heterocycles. The molecule has 0 aliphatic carbocycles. The van der Waals surface area contributed by atoms with E-state index < -0.39 is 11.0 Å². The molecule has 0 spiro atoms. The minimum Gasteiger partial charge on any atom is -0.398 e. The lowest BCUT2D eigenvalue weighted by atomic mass is 10.0. The summed E-state index contributed by atoms with van der Waals surface area (Å²) >= 11 is 0. The minimum absolute atomic E-state index is 0.118. The number of nitro groups is 1. The molecule has 0 heterocycles. The number of non-ortho nitro benzene ring substituents is 1. The van der Waals surface area contributed by atoms with E-state index in [1.54, 1.807) is 0 Å². The quantitative estimate of drug-likeness (QED) is 0.384. The SMILES string of the molecule is Nc1cc([N+](=O)[O-])ccc1C(O)CCO. The zero-order valence-corrected chi connectivity index (χ0v) is 7.96. The van der Waals surface area contributed by atoms with E-state index >= 15 is 0 Å². The van der Waals surface area contributed by atoms with Crippen LogP contribution in [0.2, 0.25) is 0 Å². The highest BCUT2D eigenvalue weighted by Crippen LogP contribution is 2.26. The van der Waals surface area contributed by atoms with Crippen LogP contribution in [-0.2, 0) is 0 Å². The first kappa shape index (κ1) is 11.4. The molecule has 0 fully saturated rings. The van der Waals surface area contributed by atoms with Gasteiger partial charge in [0.15, 0.2) is 0 Å². The molecule has 82 valence electrons. The van der Waals surface area contributed by atoms with Crippen LogP contribution >= 0.6 is 0 Å². The number of hydrogen-bond acceptors (Lipinski definition) is 5. The number of nitrogen functional groups attached to an aromatic ring is 1. The molecule has 1 aromatic carbocycles. The average molecular weight is 212 g/mol. The van der Waals surface area contributed by atoms with Gasteiger partial charge in [-0.2, -0.15) is 0 Å². The third-order valence-electron chi connectivity index (χ3n) is 2.04. The first-order valence-electron chi connectivity index (χ1n) is 4.39. The van der Waals surface area contributed by atoms with E-state index in [1.807, 2.05) is 0 Å². The Morgan fingerprint density at radius 3 is 2.67 bits per heavy atom. The molecule has 0 saturated heterocycles. The molecule has 1 rings (SSSR count). The maximum atomic E-state index is 10.4. The van der Waals surface area contributed by atoms with Crippen LogP contribution in [0.1, 0.15) is 18.1 Å². The molecule has 0 aromatic heterocycles. The van der Waals surface area contributed by atoms with E-state index in [0.29, 0.717) is 5.56 Å². The fraction of sp³-hybridized carbons (Fsp3) is 0.333. The molecule has 0 saturated carbocycles. The van der Waals surface area contributed by atoms with Crippen LogP contribution in [0.25, 0.3) is 0 Å². The van der Waals surface area contributed by atoms with Crippen LogP contribution in [0.5, 0.6) is 0 Å². The van der Waals surface area contributed by atoms with Crippen LogP contribution in [0, 0.1) is 10.1 Å². The molecule has 6 nitrogen and oxygen atoms in total. The third kappa shape index (κ3) is 2.64. The summed E-state index contributed by atoms with van der Waals surface area (Å²) in [4.78, 5) is 9.85. The molecule has 6 heteroatoms. The second-order valence-corrected chi connectivity index (χ2v) is 3.10. The van der Waals surface area contributed by atoms with Crippen molar-refractivity contribution in [2.75, 3.05) is 12.3 Å². The van der Waals surface area contributed by atoms with Gasteiger partial charge < -0.3 is 15.9 Å². The lowest BCUT2D eigenvalue weighted by Gasteiger charge is -2.11. The van der Waals surface area contributed by atoms with Crippen LogP contribution in [0.3, 0.4) is 0 Å². The Labute approximate surface area is 86.1 Å². The third-order valence-corrected chi connectivity index (χ3v) is 2.04. The summed E-state index contributed by atoms with van der Waals surface area (Å²) in [5.74, 6) is 0. The smallest absolute Gasteiger partial charge is 0.271 e.